The van der Waals surface area contributed by atoms with Gasteiger partial charge in [0, 0.05) is 36.3 Å². The molecule has 1 atom stereocenters. The first kappa shape index (κ1) is 18.6. The van der Waals surface area contributed by atoms with E-state index in [0.717, 1.165) is 30.6 Å². The van der Waals surface area contributed by atoms with Crippen molar-refractivity contribution in [3.8, 4) is 22.8 Å². The summed E-state index contributed by atoms with van der Waals surface area (Å²) < 4.78 is 7.44. The van der Waals surface area contributed by atoms with Gasteiger partial charge in [-0.05, 0) is 25.0 Å². The van der Waals surface area contributed by atoms with Crippen LogP contribution < -0.4 is 10.5 Å². The van der Waals surface area contributed by atoms with Gasteiger partial charge in [-0.3, -0.25) is 9.36 Å². The Morgan fingerprint density at radius 1 is 1.23 bits per heavy atom. The highest BCUT2D eigenvalue weighted by molar-refractivity contribution is 6.30. The minimum absolute atomic E-state index is 0.0181. The molecule has 5 rings (SSSR count). The second kappa shape index (κ2) is 7.42. The fraction of sp³-hybridized carbons (Fsp3) is 0.250. The monoisotopic (exact) mass is 423 g/mol. The van der Waals surface area contributed by atoms with E-state index >= 15 is 0 Å². The molecule has 30 heavy (non-hydrogen) atoms. The van der Waals surface area contributed by atoms with Crippen molar-refractivity contribution in [1.82, 2.24) is 29.9 Å². The number of hydrogen-bond acceptors (Lipinski definition) is 7. The van der Waals surface area contributed by atoms with E-state index in [1.807, 2.05) is 41.9 Å². The summed E-state index contributed by atoms with van der Waals surface area (Å²) in [6.45, 7) is 0.818. The summed E-state index contributed by atoms with van der Waals surface area (Å²) in [5.41, 5.74) is 1.95. The number of halogens is 1. The third kappa shape index (κ3) is 3.26. The number of H-pyrrole nitrogens is 1. The van der Waals surface area contributed by atoms with Gasteiger partial charge in [0.2, 0.25) is 5.95 Å². The molecule has 0 bridgehead atoms. The summed E-state index contributed by atoms with van der Waals surface area (Å²) in [4.78, 5) is 20.5. The van der Waals surface area contributed by atoms with Crippen LogP contribution in [0.5, 0.6) is 0 Å². The van der Waals surface area contributed by atoms with Gasteiger partial charge < -0.3 is 14.4 Å². The van der Waals surface area contributed by atoms with Gasteiger partial charge in [-0.1, -0.05) is 28.9 Å². The van der Waals surface area contributed by atoms with Gasteiger partial charge in [0.15, 0.2) is 11.6 Å². The Bertz CT molecular complexity index is 1260. The number of hydrogen-bond donors (Lipinski definition) is 1. The van der Waals surface area contributed by atoms with Crippen LogP contribution in [0, 0.1) is 0 Å². The molecule has 9 nitrogen and oxygen atoms in total. The molecule has 0 aliphatic carbocycles. The van der Waals surface area contributed by atoms with Gasteiger partial charge in [-0.15, -0.1) is 10.2 Å². The molecule has 1 aromatic carbocycles. The Kier molecular flexibility index (Phi) is 4.59. The van der Waals surface area contributed by atoms with Crippen LogP contribution in [0.25, 0.3) is 22.8 Å². The van der Waals surface area contributed by atoms with E-state index in [2.05, 4.69) is 30.2 Å². The Labute approximate surface area is 176 Å². The zero-order chi connectivity index (χ0) is 20.7. The third-order valence-corrected chi connectivity index (χ3v) is 5.48. The van der Waals surface area contributed by atoms with E-state index in [-0.39, 0.29) is 11.6 Å². The highest BCUT2D eigenvalue weighted by Gasteiger charge is 2.32. The SMILES string of the molecule is Cn1c(-c2cc(=O)[nH]cn2)nnc1N1CCC[C@@H]1c1cc(-c2cccc(Cl)c2)on1. The lowest BCUT2D eigenvalue weighted by Crippen LogP contribution is -2.25. The molecule has 4 heterocycles. The van der Waals surface area contributed by atoms with Gasteiger partial charge in [-0.25, -0.2) is 4.98 Å². The summed E-state index contributed by atoms with van der Waals surface area (Å²) in [6.07, 6.45) is 3.28. The second-order valence-electron chi connectivity index (χ2n) is 7.16. The van der Waals surface area contributed by atoms with E-state index in [4.69, 9.17) is 16.1 Å². The zero-order valence-electron chi connectivity index (χ0n) is 16.1. The highest BCUT2D eigenvalue weighted by Crippen LogP contribution is 2.37. The van der Waals surface area contributed by atoms with Crippen molar-refractivity contribution in [2.75, 3.05) is 11.4 Å². The standard InChI is InChI=1S/C20H18ClN7O2/c1-27-19(15-10-18(29)23-11-22-15)24-25-20(27)28-7-3-6-16(28)14-9-17(30-26-14)12-4-2-5-13(21)8-12/h2,4-5,8-11,16H,3,6-7H2,1H3,(H,22,23,29)/t16-/m1/s1. The Morgan fingerprint density at radius 2 is 2.13 bits per heavy atom. The Hall–Kier alpha value is -3.46. The van der Waals surface area contributed by atoms with Gasteiger partial charge in [0.1, 0.15) is 11.4 Å². The Morgan fingerprint density at radius 3 is 2.97 bits per heavy atom. The average molecular weight is 424 g/mol. The number of nitrogens with one attached hydrogen (secondary N) is 1. The number of aromatic amines is 1. The van der Waals surface area contributed by atoms with Crippen molar-refractivity contribution in [1.29, 1.82) is 0 Å². The topological polar surface area (TPSA) is 106 Å². The molecule has 0 saturated carbocycles. The molecule has 1 fully saturated rings. The van der Waals surface area contributed by atoms with Crippen LogP contribution in [-0.2, 0) is 7.05 Å². The summed E-state index contributed by atoms with van der Waals surface area (Å²) in [5, 5.41) is 13.6. The van der Waals surface area contributed by atoms with Gasteiger partial charge in [0.05, 0.1) is 12.4 Å². The van der Waals surface area contributed by atoms with E-state index in [1.165, 1.54) is 12.4 Å². The van der Waals surface area contributed by atoms with E-state index in [9.17, 15) is 4.79 Å². The number of aromatic nitrogens is 6. The molecular weight excluding hydrogens is 406 g/mol. The molecule has 10 heteroatoms. The second-order valence-corrected chi connectivity index (χ2v) is 7.59. The molecule has 1 aliphatic heterocycles. The van der Waals surface area contributed by atoms with Crippen LogP contribution in [-0.4, -0.2) is 36.4 Å². The van der Waals surface area contributed by atoms with Crippen LogP contribution in [0.15, 0.2) is 52.0 Å². The van der Waals surface area contributed by atoms with E-state index < -0.39 is 0 Å². The summed E-state index contributed by atoms with van der Waals surface area (Å²) in [5.74, 6) is 1.90. The number of anilines is 1. The Balaban J connectivity index is 1.46. The van der Waals surface area contributed by atoms with Crippen LogP contribution in [0.3, 0.4) is 0 Å². The highest BCUT2D eigenvalue weighted by atomic mass is 35.5. The smallest absolute Gasteiger partial charge is 0.251 e. The molecule has 152 valence electrons. The summed E-state index contributed by atoms with van der Waals surface area (Å²) in [7, 11) is 1.86. The molecule has 1 N–H and O–H groups in total. The van der Waals surface area contributed by atoms with Crippen LogP contribution >= 0.6 is 11.6 Å². The third-order valence-electron chi connectivity index (χ3n) is 5.25. The molecule has 1 saturated heterocycles. The van der Waals surface area contributed by atoms with Crippen molar-refractivity contribution in [2.24, 2.45) is 7.05 Å². The lowest BCUT2D eigenvalue weighted by Gasteiger charge is -2.23. The normalized spacial score (nSPS) is 16.3. The number of benzene rings is 1. The van der Waals surface area contributed by atoms with Gasteiger partial charge in [-0.2, -0.15) is 0 Å². The first-order valence-corrected chi connectivity index (χ1v) is 9.91. The molecule has 3 aromatic heterocycles. The van der Waals surface area contributed by atoms with Crippen molar-refractivity contribution in [3.05, 3.63) is 63.8 Å². The fourth-order valence-corrected chi connectivity index (χ4v) is 4.01. The largest absolute Gasteiger partial charge is 0.356 e. The molecule has 4 aromatic rings. The minimum atomic E-state index is -0.236. The van der Waals surface area contributed by atoms with E-state index in [1.54, 1.807) is 0 Å². The van der Waals surface area contributed by atoms with E-state index in [0.29, 0.717) is 28.2 Å². The van der Waals surface area contributed by atoms with Crippen molar-refractivity contribution in [3.63, 3.8) is 0 Å². The summed E-state index contributed by atoms with van der Waals surface area (Å²) >= 11 is 6.10. The maximum Gasteiger partial charge on any atom is 0.251 e. The molecule has 0 spiro atoms. The fourth-order valence-electron chi connectivity index (χ4n) is 3.82. The molecule has 0 amide bonds. The van der Waals surface area contributed by atoms with Crippen molar-refractivity contribution in [2.45, 2.75) is 18.9 Å². The van der Waals surface area contributed by atoms with Crippen LogP contribution in [0.2, 0.25) is 5.02 Å². The predicted octanol–water partition coefficient (Wildman–Crippen LogP) is 3.22. The predicted molar refractivity (Wildman–Crippen MR) is 111 cm³/mol. The van der Waals surface area contributed by atoms with Crippen LogP contribution in [0.1, 0.15) is 24.6 Å². The molecular formula is C20H18ClN7O2. The quantitative estimate of drug-likeness (QED) is 0.537. The van der Waals surface area contributed by atoms with Gasteiger partial charge >= 0.3 is 0 Å². The maximum atomic E-state index is 11.6. The lowest BCUT2D eigenvalue weighted by molar-refractivity contribution is 0.416. The van der Waals surface area contributed by atoms with Crippen LogP contribution in [0.4, 0.5) is 5.95 Å². The zero-order valence-corrected chi connectivity index (χ0v) is 16.9. The lowest BCUT2D eigenvalue weighted by atomic mass is 10.1. The first-order valence-electron chi connectivity index (χ1n) is 9.54. The van der Waals surface area contributed by atoms with Gasteiger partial charge in [0.25, 0.3) is 5.56 Å². The number of nitrogens with zero attached hydrogens (tertiary/aromatic N) is 6. The average Bonchev–Trinajstić information content (AvgIpc) is 3.47. The summed E-state index contributed by atoms with van der Waals surface area (Å²) in [6, 6.07) is 10.9. The molecule has 0 radical (unpaired) electrons. The molecule has 1 aliphatic rings. The van der Waals surface area contributed by atoms with Crippen molar-refractivity contribution < 1.29 is 4.52 Å². The first-order chi connectivity index (χ1) is 14.6. The number of rotatable bonds is 4. The van der Waals surface area contributed by atoms with Crippen molar-refractivity contribution >= 4 is 17.5 Å². The molecule has 0 unspecified atom stereocenters. The maximum absolute atomic E-state index is 11.6. The minimum Gasteiger partial charge on any atom is -0.356 e.